The highest BCUT2D eigenvalue weighted by Gasteiger charge is 2.30. The first-order valence-corrected chi connectivity index (χ1v) is 5.60. The van der Waals surface area contributed by atoms with Crippen molar-refractivity contribution >= 4 is 23.7 Å². The average molecular weight is 267 g/mol. The smallest absolute Gasteiger partial charge is 0.425 e. The Balaban J connectivity index is 3.14. The topological polar surface area (TPSA) is 106 Å². The van der Waals surface area contributed by atoms with E-state index in [0.29, 0.717) is 16.2 Å². The molecule has 1 rings (SSSR count). The summed E-state index contributed by atoms with van der Waals surface area (Å²) in [5.41, 5.74) is 5.59. The van der Waals surface area contributed by atoms with Gasteiger partial charge in [-0.05, 0) is 39.3 Å². The molecule has 0 aliphatic heterocycles. The number of aromatic nitrogens is 1. The maximum atomic E-state index is 11.9. The molecule has 0 fully saturated rings. The van der Waals surface area contributed by atoms with Crippen molar-refractivity contribution in [1.29, 1.82) is 0 Å². The molecule has 0 aromatic carbocycles. The van der Waals surface area contributed by atoms with Crippen LogP contribution in [-0.2, 0) is 4.74 Å². The molecule has 0 saturated carbocycles. The number of carbonyl (C=O) groups excluding carboxylic acids is 1. The number of hydrogen-bond donors (Lipinski definition) is 2. The van der Waals surface area contributed by atoms with E-state index in [1.165, 1.54) is 12.3 Å². The normalized spacial score (nSPS) is 10.9. The zero-order valence-electron chi connectivity index (χ0n) is 11.3. The second-order valence-corrected chi connectivity index (χ2v) is 5.01. The molecule has 3 N–H and O–H groups in total. The molecule has 1 aromatic heterocycles. The van der Waals surface area contributed by atoms with Gasteiger partial charge in [0.2, 0.25) is 0 Å². The van der Waals surface area contributed by atoms with Crippen LogP contribution in [0.3, 0.4) is 0 Å². The summed E-state index contributed by atoms with van der Waals surface area (Å²) in [7, 11) is 0. The molecule has 104 valence electrons. The predicted molar refractivity (Wildman–Crippen MR) is 70.1 cm³/mol. The summed E-state index contributed by atoms with van der Waals surface area (Å²) >= 11 is 0. The van der Waals surface area contributed by atoms with Gasteiger partial charge in [0.25, 0.3) is 0 Å². The number of nitrogen functional groups attached to an aromatic ring is 1. The number of hydrogen-bond acceptors (Lipinski definition) is 5. The van der Waals surface area contributed by atoms with Crippen molar-refractivity contribution < 1.29 is 19.4 Å². The van der Waals surface area contributed by atoms with Gasteiger partial charge >= 0.3 is 12.2 Å². The summed E-state index contributed by atoms with van der Waals surface area (Å²) in [5, 5.41) is 9.14. The molecule has 7 nitrogen and oxygen atoms in total. The molecule has 0 unspecified atom stereocenters. The molecule has 7 heteroatoms. The number of imide groups is 1. The number of amides is 2. The van der Waals surface area contributed by atoms with E-state index in [4.69, 9.17) is 15.6 Å². The van der Waals surface area contributed by atoms with Gasteiger partial charge in [-0.1, -0.05) is 0 Å². The first kappa shape index (κ1) is 14.7. The fourth-order valence-electron chi connectivity index (χ4n) is 1.39. The summed E-state index contributed by atoms with van der Waals surface area (Å²) in [6.45, 7) is 6.55. The highest BCUT2D eigenvalue weighted by molar-refractivity contribution is 6.08. The first-order valence-electron chi connectivity index (χ1n) is 5.60. The van der Waals surface area contributed by atoms with Gasteiger partial charge in [0.1, 0.15) is 5.60 Å². The van der Waals surface area contributed by atoms with Crippen molar-refractivity contribution in [3.63, 3.8) is 0 Å². The minimum Gasteiger partial charge on any atom is -0.464 e. The SMILES string of the molecule is Cc1cc(N)cnc1N(C(=O)O)C(=O)OC(C)(C)C. The van der Waals surface area contributed by atoms with Crippen LogP contribution in [0, 0.1) is 6.92 Å². The van der Waals surface area contributed by atoms with Gasteiger partial charge in [-0.25, -0.2) is 14.6 Å². The summed E-state index contributed by atoms with van der Waals surface area (Å²) in [5.74, 6) is -0.0176. The number of rotatable bonds is 1. The van der Waals surface area contributed by atoms with Gasteiger partial charge in [-0.15, -0.1) is 0 Å². The Labute approximate surface area is 111 Å². The van der Waals surface area contributed by atoms with Crippen LogP contribution in [-0.4, -0.2) is 27.9 Å². The van der Waals surface area contributed by atoms with E-state index < -0.39 is 17.8 Å². The van der Waals surface area contributed by atoms with E-state index in [9.17, 15) is 9.59 Å². The van der Waals surface area contributed by atoms with Crippen LogP contribution >= 0.6 is 0 Å². The molecule has 0 radical (unpaired) electrons. The van der Waals surface area contributed by atoms with Crippen LogP contribution in [0.25, 0.3) is 0 Å². The Kier molecular flexibility index (Phi) is 3.98. The van der Waals surface area contributed by atoms with E-state index in [1.54, 1.807) is 27.7 Å². The molecule has 1 aromatic rings. The maximum absolute atomic E-state index is 11.9. The maximum Gasteiger partial charge on any atom is 0.425 e. The van der Waals surface area contributed by atoms with Crippen molar-refractivity contribution in [3.05, 3.63) is 17.8 Å². The summed E-state index contributed by atoms with van der Waals surface area (Å²) in [6.07, 6.45) is -1.18. The third-order valence-electron chi connectivity index (χ3n) is 2.05. The fraction of sp³-hybridized carbons (Fsp3) is 0.417. The van der Waals surface area contributed by atoms with Gasteiger partial charge < -0.3 is 15.6 Å². The Morgan fingerprint density at radius 2 is 2.00 bits per heavy atom. The van der Waals surface area contributed by atoms with Gasteiger partial charge in [-0.2, -0.15) is 4.90 Å². The quantitative estimate of drug-likeness (QED) is 0.809. The van der Waals surface area contributed by atoms with Gasteiger partial charge in [-0.3, -0.25) is 0 Å². The second kappa shape index (κ2) is 5.13. The van der Waals surface area contributed by atoms with E-state index in [-0.39, 0.29) is 5.82 Å². The van der Waals surface area contributed by atoms with Crippen molar-refractivity contribution in [2.45, 2.75) is 33.3 Å². The molecule has 0 aliphatic carbocycles. The predicted octanol–water partition coefficient (Wildman–Crippen LogP) is 2.39. The van der Waals surface area contributed by atoms with Crippen LogP contribution in [0.4, 0.5) is 21.1 Å². The minimum atomic E-state index is -1.46. The lowest BCUT2D eigenvalue weighted by Gasteiger charge is -2.24. The molecule has 2 amide bonds. The number of carboxylic acid groups (broad SMARTS) is 1. The van der Waals surface area contributed by atoms with E-state index >= 15 is 0 Å². The lowest BCUT2D eigenvalue weighted by Crippen LogP contribution is -2.41. The molecule has 0 spiro atoms. The van der Waals surface area contributed by atoms with E-state index in [0.717, 1.165) is 0 Å². The number of nitrogens with two attached hydrogens (primary N) is 1. The Morgan fingerprint density at radius 3 is 2.42 bits per heavy atom. The van der Waals surface area contributed by atoms with Gasteiger partial charge in [0.15, 0.2) is 5.82 Å². The first-order chi connectivity index (χ1) is 8.61. The van der Waals surface area contributed by atoms with Crippen LogP contribution < -0.4 is 10.6 Å². The molecular weight excluding hydrogens is 250 g/mol. The summed E-state index contributed by atoms with van der Waals surface area (Å²) in [4.78, 5) is 27.4. The standard InChI is InChI=1S/C12H17N3O4/c1-7-5-8(13)6-14-9(7)15(10(16)17)11(18)19-12(2,3)4/h5-6H,13H2,1-4H3,(H,16,17). The number of ether oxygens (including phenoxy) is 1. The monoisotopic (exact) mass is 267 g/mol. The summed E-state index contributed by atoms with van der Waals surface area (Å²) in [6, 6.07) is 1.53. The van der Waals surface area contributed by atoms with Crippen LogP contribution in [0.5, 0.6) is 0 Å². The lowest BCUT2D eigenvalue weighted by atomic mass is 10.2. The highest BCUT2D eigenvalue weighted by atomic mass is 16.6. The van der Waals surface area contributed by atoms with Crippen molar-refractivity contribution in [1.82, 2.24) is 4.98 Å². The molecule has 0 aliphatic rings. The van der Waals surface area contributed by atoms with E-state index in [1.807, 2.05) is 0 Å². The minimum absolute atomic E-state index is 0.0176. The Bertz CT molecular complexity index is 508. The molecule has 19 heavy (non-hydrogen) atoms. The number of anilines is 2. The Hall–Kier alpha value is -2.31. The van der Waals surface area contributed by atoms with Crippen LogP contribution in [0.2, 0.25) is 0 Å². The fourth-order valence-corrected chi connectivity index (χ4v) is 1.39. The van der Waals surface area contributed by atoms with Gasteiger partial charge in [0, 0.05) is 0 Å². The molecular formula is C12H17N3O4. The zero-order valence-corrected chi connectivity index (χ0v) is 11.3. The van der Waals surface area contributed by atoms with Crippen LogP contribution in [0.1, 0.15) is 26.3 Å². The summed E-state index contributed by atoms with van der Waals surface area (Å²) < 4.78 is 5.04. The second-order valence-electron chi connectivity index (χ2n) is 5.01. The number of aryl methyl sites for hydroxylation is 1. The third kappa shape index (κ3) is 3.84. The van der Waals surface area contributed by atoms with E-state index in [2.05, 4.69) is 4.98 Å². The average Bonchev–Trinajstić information content (AvgIpc) is 2.18. The number of nitrogens with zero attached hydrogens (tertiary/aromatic N) is 2. The molecule has 0 atom stereocenters. The third-order valence-corrected chi connectivity index (χ3v) is 2.05. The largest absolute Gasteiger partial charge is 0.464 e. The molecule has 0 saturated heterocycles. The van der Waals surface area contributed by atoms with Crippen molar-refractivity contribution in [2.75, 3.05) is 10.6 Å². The Morgan fingerprint density at radius 1 is 1.42 bits per heavy atom. The van der Waals surface area contributed by atoms with Crippen LogP contribution in [0.15, 0.2) is 12.3 Å². The lowest BCUT2D eigenvalue weighted by molar-refractivity contribution is 0.0580. The molecule has 0 bridgehead atoms. The number of pyridine rings is 1. The number of carbonyl (C=O) groups is 2. The molecule has 1 heterocycles. The van der Waals surface area contributed by atoms with Crippen molar-refractivity contribution in [2.24, 2.45) is 0 Å². The van der Waals surface area contributed by atoms with Gasteiger partial charge in [0.05, 0.1) is 11.9 Å². The highest BCUT2D eigenvalue weighted by Crippen LogP contribution is 2.21. The van der Waals surface area contributed by atoms with Crippen molar-refractivity contribution in [3.8, 4) is 0 Å². The zero-order chi connectivity index (χ0) is 14.8.